The van der Waals surface area contributed by atoms with Gasteiger partial charge in [-0.3, -0.25) is 4.79 Å². The molecule has 1 aliphatic carbocycles. The number of rotatable bonds is 2. The Kier molecular flexibility index (Phi) is 3.06. The van der Waals surface area contributed by atoms with Gasteiger partial charge in [0.05, 0.1) is 6.61 Å². The molecule has 2 heteroatoms. The van der Waals surface area contributed by atoms with Gasteiger partial charge in [0.2, 0.25) is 0 Å². The highest BCUT2D eigenvalue weighted by Gasteiger charge is 2.28. The first-order valence-corrected chi connectivity index (χ1v) is 4.27. The summed E-state index contributed by atoms with van der Waals surface area (Å²) in [6.45, 7) is 2.75. The second kappa shape index (κ2) is 3.86. The first-order chi connectivity index (χ1) is 5.25. The van der Waals surface area contributed by atoms with E-state index in [2.05, 4.69) is 6.92 Å². The number of methoxy groups -OCH3 is 1. The van der Waals surface area contributed by atoms with Crippen molar-refractivity contribution in [3.8, 4) is 0 Å². The minimum Gasteiger partial charge on any atom is -0.384 e. The maximum absolute atomic E-state index is 11.3. The van der Waals surface area contributed by atoms with Crippen LogP contribution in [-0.4, -0.2) is 19.5 Å². The summed E-state index contributed by atoms with van der Waals surface area (Å²) in [5.41, 5.74) is 0. The van der Waals surface area contributed by atoms with E-state index in [1.165, 1.54) is 6.42 Å². The van der Waals surface area contributed by atoms with Crippen LogP contribution in [0.1, 0.15) is 26.2 Å². The highest BCUT2D eigenvalue weighted by Crippen LogP contribution is 2.26. The zero-order chi connectivity index (χ0) is 8.27. The molecule has 0 N–H and O–H groups in total. The van der Waals surface area contributed by atoms with E-state index in [0.717, 1.165) is 12.8 Å². The minimum absolute atomic E-state index is 0.175. The summed E-state index contributed by atoms with van der Waals surface area (Å²) in [5.74, 6) is 1.09. The molecule has 0 heterocycles. The Balaban J connectivity index is 2.48. The van der Waals surface area contributed by atoms with E-state index in [0.29, 0.717) is 18.3 Å². The molecule has 0 aromatic heterocycles. The third kappa shape index (κ3) is 2.03. The molecular weight excluding hydrogens is 140 g/mol. The normalized spacial score (nSPS) is 32.4. The first-order valence-electron chi connectivity index (χ1n) is 4.27. The summed E-state index contributed by atoms with van der Waals surface area (Å²) in [4.78, 5) is 11.3. The van der Waals surface area contributed by atoms with Crippen LogP contribution in [0.4, 0.5) is 0 Å². The van der Waals surface area contributed by atoms with Crippen molar-refractivity contribution in [2.45, 2.75) is 26.2 Å². The second-order valence-electron chi connectivity index (χ2n) is 3.40. The van der Waals surface area contributed by atoms with Crippen molar-refractivity contribution < 1.29 is 9.53 Å². The van der Waals surface area contributed by atoms with Crippen LogP contribution in [0, 0.1) is 11.8 Å². The molecule has 0 spiro atoms. The van der Waals surface area contributed by atoms with Crippen molar-refractivity contribution in [2.75, 3.05) is 13.7 Å². The highest BCUT2D eigenvalue weighted by atomic mass is 16.5. The van der Waals surface area contributed by atoms with E-state index in [4.69, 9.17) is 4.74 Å². The topological polar surface area (TPSA) is 26.3 Å². The number of Topliss-reactive ketones (excluding diaryl/α,β-unsaturated/α-hetero) is 1. The number of hydrogen-bond donors (Lipinski definition) is 0. The van der Waals surface area contributed by atoms with Crippen LogP contribution in [-0.2, 0) is 9.53 Å². The lowest BCUT2D eigenvalue weighted by Gasteiger charge is -2.26. The molecule has 2 nitrogen and oxygen atoms in total. The van der Waals surface area contributed by atoms with Gasteiger partial charge >= 0.3 is 0 Å². The predicted molar refractivity (Wildman–Crippen MR) is 43.4 cm³/mol. The molecule has 0 bridgehead atoms. The van der Waals surface area contributed by atoms with Crippen LogP contribution in [0.25, 0.3) is 0 Å². The van der Waals surface area contributed by atoms with Crippen molar-refractivity contribution in [3.63, 3.8) is 0 Å². The first kappa shape index (κ1) is 8.72. The van der Waals surface area contributed by atoms with Crippen LogP contribution in [0.3, 0.4) is 0 Å². The summed E-state index contributed by atoms with van der Waals surface area (Å²) in [7, 11) is 1.66. The lowest BCUT2D eigenvalue weighted by Crippen LogP contribution is -2.30. The predicted octanol–water partition coefficient (Wildman–Crippen LogP) is 1.64. The molecule has 11 heavy (non-hydrogen) atoms. The number of carbonyl (C=O) groups excluding carboxylic acids is 1. The highest BCUT2D eigenvalue weighted by molar-refractivity contribution is 5.82. The number of ether oxygens (including phenoxy) is 1. The summed E-state index contributed by atoms with van der Waals surface area (Å²) in [5, 5.41) is 0. The zero-order valence-electron chi connectivity index (χ0n) is 7.30. The third-order valence-electron chi connectivity index (χ3n) is 2.53. The smallest absolute Gasteiger partial charge is 0.138 e. The standard InChI is InChI=1S/C9H16O2/c1-7-4-3-5-9(10)8(7)6-11-2/h7-8H,3-6H2,1-2H3/t7-,8+/m1/s1. The molecule has 1 rings (SSSR count). The van der Waals surface area contributed by atoms with Crippen LogP contribution in [0.15, 0.2) is 0 Å². The lowest BCUT2D eigenvalue weighted by molar-refractivity contribution is -0.128. The largest absolute Gasteiger partial charge is 0.384 e. The van der Waals surface area contributed by atoms with Gasteiger partial charge in [0.25, 0.3) is 0 Å². The summed E-state index contributed by atoms with van der Waals surface area (Å²) in [6.07, 6.45) is 3.01. The Morgan fingerprint density at radius 2 is 2.36 bits per heavy atom. The Morgan fingerprint density at radius 1 is 1.64 bits per heavy atom. The summed E-state index contributed by atoms with van der Waals surface area (Å²) in [6, 6.07) is 0. The lowest BCUT2D eigenvalue weighted by atomic mass is 9.80. The van der Waals surface area contributed by atoms with Crippen molar-refractivity contribution in [2.24, 2.45) is 11.8 Å². The van der Waals surface area contributed by atoms with E-state index in [1.807, 2.05) is 0 Å². The molecule has 64 valence electrons. The number of hydrogen-bond acceptors (Lipinski definition) is 2. The molecule has 0 saturated heterocycles. The van der Waals surface area contributed by atoms with E-state index in [-0.39, 0.29) is 5.92 Å². The molecular formula is C9H16O2. The van der Waals surface area contributed by atoms with Gasteiger partial charge in [-0.25, -0.2) is 0 Å². The fraction of sp³-hybridized carbons (Fsp3) is 0.889. The van der Waals surface area contributed by atoms with E-state index in [1.54, 1.807) is 7.11 Å². The molecule has 0 radical (unpaired) electrons. The molecule has 1 aliphatic rings. The average molecular weight is 156 g/mol. The van der Waals surface area contributed by atoms with Gasteiger partial charge < -0.3 is 4.74 Å². The van der Waals surface area contributed by atoms with Gasteiger partial charge in [0, 0.05) is 19.4 Å². The van der Waals surface area contributed by atoms with E-state index >= 15 is 0 Å². The summed E-state index contributed by atoms with van der Waals surface area (Å²) < 4.78 is 5.00. The van der Waals surface area contributed by atoms with Crippen LogP contribution in [0.5, 0.6) is 0 Å². The van der Waals surface area contributed by atoms with Gasteiger partial charge in [-0.15, -0.1) is 0 Å². The number of ketones is 1. The third-order valence-corrected chi connectivity index (χ3v) is 2.53. The fourth-order valence-corrected chi connectivity index (χ4v) is 1.74. The molecule has 0 aliphatic heterocycles. The van der Waals surface area contributed by atoms with E-state index in [9.17, 15) is 4.79 Å². The Morgan fingerprint density at radius 3 is 2.91 bits per heavy atom. The molecule has 1 fully saturated rings. The molecule has 2 atom stereocenters. The maximum Gasteiger partial charge on any atom is 0.138 e. The monoisotopic (exact) mass is 156 g/mol. The molecule has 0 unspecified atom stereocenters. The molecule has 0 amide bonds. The second-order valence-corrected chi connectivity index (χ2v) is 3.40. The van der Waals surface area contributed by atoms with Crippen molar-refractivity contribution in [1.82, 2.24) is 0 Å². The number of carbonyl (C=O) groups is 1. The maximum atomic E-state index is 11.3. The van der Waals surface area contributed by atoms with Gasteiger partial charge in [-0.2, -0.15) is 0 Å². The quantitative estimate of drug-likeness (QED) is 0.607. The molecule has 0 aromatic carbocycles. The SMILES string of the molecule is COC[C@@H]1C(=O)CCC[C@H]1C. The van der Waals surface area contributed by atoms with Crippen LogP contribution in [0.2, 0.25) is 0 Å². The zero-order valence-corrected chi connectivity index (χ0v) is 7.30. The average Bonchev–Trinajstić information content (AvgIpc) is 1.97. The Hall–Kier alpha value is -0.370. The van der Waals surface area contributed by atoms with Crippen molar-refractivity contribution in [3.05, 3.63) is 0 Å². The Labute approximate surface area is 67.9 Å². The summed E-state index contributed by atoms with van der Waals surface area (Å²) >= 11 is 0. The van der Waals surface area contributed by atoms with E-state index < -0.39 is 0 Å². The van der Waals surface area contributed by atoms with Gasteiger partial charge in [0.1, 0.15) is 5.78 Å². The van der Waals surface area contributed by atoms with Crippen LogP contribution < -0.4 is 0 Å². The van der Waals surface area contributed by atoms with Crippen LogP contribution >= 0.6 is 0 Å². The Bertz CT molecular complexity index is 142. The van der Waals surface area contributed by atoms with Gasteiger partial charge in [-0.05, 0) is 18.8 Å². The fourth-order valence-electron chi connectivity index (χ4n) is 1.74. The molecule has 0 aromatic rings. The van der Waals surface area contributed by atoms with Gasteiger partial charge in [0.15, 0.2) is 0 Å². The van der Waals surface area contributed by atoms with Crippen molar-refractivity contribution in [1.29, 1.82) is 0 Å². The molecule has 1 saturated carbocycles. The minimum atomic E-state index is 0.175. The van der Waals surface area contributed by atoms with Gasteiger partial charge in [-0.1, -0.05) is 6.92 Å². The van der Waals surface area contributed by atoms with Crippen molar-refractivity contribution >= 4 is 5.78 Å².